The fourth-order valence-corrected chi connectivity index (χ4v) is 5.38. The van der Waals surface area contributed by atoms with Crippen molar-refractivity contribution >= 4 is 17.1 Å². The maximum atomic E-state index is 5.51. The second kappa shape index (κ2) is 10.4. The first-order valence-electron chi connectivity index (χ1n) is 11.9. The number of hydrogen-bond donors (Lipinski definition) is 0. The molecule has 2 aromatic carbocycles. The molecule has 34 heavy (non-hydrogen) atoms. The molecule has 2 aromatic rings. The number of allylic oxidation sites excluding steroid dienone is 6. The predicted molar refractivity (Wildman–Crippen MR) is 142 cm³/mol. The van der Waals surface area contributed by atoms with Crippen molar-refractivity contribution in [2.45, 2.75) is 51.4 Å². The van der Waals surface area contributed by atoms with Crippen LogP contribution in [-0.2, 0) is 10.8 Å². The van der Waals surface area contributed by atoms with Gasteiger partial charge in [-0.1, -0.05) is 68.5 Å². The first-order valence-corrected chi connectivity index (χ1v) is 11.9. The monoisotopic (exact) mass is 562 g/mol. The van der Waals surface area contributed by atoms with Crippen LogP contribution in [-0.4, -0.2) is 23.9 Å². The Morgan fingerprint density at radius 2 is 1.59 bits per heavy atom. The van der Waals surface area contributed by atoms with Gasteiger partial charge in [-0.15, -0.1) is 12.3 Å². The van der Waals surface area contributed by atoms with E-state index in [4.69, 9.17) is 6.42 Å². The fourth-order valence-electron chi connectivity index (χ4n) is 5.38. The zero-order valence-electron chi connectivity index (χ0n) is 21.0. The number of rotatable bonds is 6. The van der Waals surface area contributed by atoms with Gasteiger partial charge in [0.2, 0.25) is 5.69 Å². The number of hydrogen-bond acceptors (Lipinski definition) is 1. The van der Waals surface area contributed by atoms with Gasteiger partial charge >= 0.3 is 0 Å². The van der Waals surface area contributed by atoms with Gasteiger partial charge in [0.05, 0.1) is 5.41 Å². The topological polar surface area (TPSA) is 6.25 Å². The lowest BCUT2D eigenvalue weighted by molar-refractivity contribution is -0.401. The first-order chi connectivity index (χ1) is 15.8. The van der Waals surface area contributed by atoms with Crippen LogP contribution >= 0.6 is 0 Å². The van der Waals surface area contributed by atoms with Gasteiger partial charge in [0, 0.05) is 47.5 Å². The maximum Gasteiger partial charge on any atom is 0.209 e. The normalized spacial score (nSPS) is 18.9. The van der Waals surface area contributed by atoms with E-state index in [9.17, 15) is 0 Å². The lowest BCUT2D eigenvalue weighted by Crippen LogP contribution is -3.00. The number of unbranched alkanes of at least 4 members (excludes halogenated alkanes) is 1. The van der Waals surface area contributed by atoms with E-state index in [2.05, 4.69) is 129 Å². The van der Waals surface area contributed by atoms with Crippen LogP contribution in [0.15, 0.2) is 84.6 Å². The molecular weight excluding hydrogens is 527 g/mol. The van der Waals surface area contributed by atoms with Crippen LogP contribution in [0.25, 0.3) is 0 Å². The summed E-state index contributed by atoms with van der Waals surface area (Å²) in [5, 5.41) is 0. The number of para-hydroxylation sites is 2. The molecule has 0 saturated heterocycles. The number of nitrogens with zero attached hydrogens (tertiary/aromatic N) is 2. The van der Waals surface area contributed by atoms with Gasteiger partial charge < -0.3 is 28.9 Å². The van der Waals surface area contributed by atoms with Crippen LogP contribution in [0.5, 0.6) is 0 Å². The van der Waals surface area contributed by atoms with E-state index in [0.717, 1.165) is 19.4 Å². The van der Waals surface area contributed by atoms with Crippen molar-refractivity contribution in [3.8, 4) is 12.3 Å². The van der Waals surface area contributed by atoms with Crippen LogP contribution in [0.3, 0.4) is 0 Å². The molecule has 3 heteroatoms. The molecule has 0 aliphatic carbocycles. The molecule has 176 valence electrons. The number of fused-ring (bicyclic) bond motifs is 2. The van der Waals surface area contributed by atoms with E-state index in [1.54, 1.807) is 0 Å². The molecule has 0 radical (unpaired) electrons. The molecule has 0 amide bonds. The molecule has 0 N–H and O–H groups in total. The van der Waals surface area contributed by atoms with Gasteiger partial charge in [0.1, 0.15) is 7.05 Å². The highest BCUT2D eigenvalue weighted by Gasteiger charge is 2.42. The Morgan fingerprint density at radius 3 is 2.29 bits per heavy atom. The minimum absolute atomic E-state index is 0. The number of terminal acetylenes is 1. The van der Waals surface area contributed by atoms with Crippen LogP contribution in [0.4, 0.5) is 11.4 Å². The minimum Gasteiger partial charge on any atom is -1.00 e. The fraction of sp³-hybridized carbons (Fsp3) is 0.323. The van der Waals surface area contributed by atoms with E-state index in [0.29, 0.717) is 0 Å². The average molecular weight is 563 g/mol. The summed E-state index contributed by atoms with van der Waals surface area (Å²) >= 11 is 0. The Balaban J connectivity index is 0.00000324. The second-order valence-corrected chi connectivity index (χ2v) is 9.98. The quantitative estimate of drug-likeness (QED) is 0.170. The Labute approximate surface area is 222 Å². The molecule has 2 heterocycles. The van der Waals surface area contributed by atoms with Gasteiger partial charge in [-0.25, -0.2) is 0 Å². The van der Waals surface area contributed by atoms with E-state index >= 15 is 0 Å². The summed E-state index contributed by atoms with van der Waals surface area (Å²) in [7, 11) is 2.16. The summed E-state index contributed by atoms with van der Waals surface area (Å²) in [6.07, 6.45) is 18.3. The van der Waals surface area contributed by atoms with Crippen molar-refractivity contribution in [2.24, 2.45) is 0 Å². The Kier molecular flexibility index (Phi) is 7.93. The third-order valence-electron chi connectivity index (χ3n) is 7.17. The summed E-state index contributed by atoms with van der Waals surface area (Å²) in [5.41, 5.74) is 7.95. The highest BCUT2D eigenvalue weighted by molar-refractivity contribution is 6.03. The maximum absolute atomic E-state index is 5.51. The molecule has 0 spiro atoms. The van der Waals surface area contributed by atoms with Crippen LogP contribution < -0.4 is 28.9 Å². The van der Waals surface area contributed by atoms with Crippen molar-refractivity contribution in [1.29, 1.82) is 0 Å². The lowest BCUT2D eigenvalue weighted by atomic mass is 9.81. The van der Waals surface area contributed by atoms with Gasteiger partial charge in [0.15, 0.2) is 5.71 Å². The van der Waals surface area contributed by atoms with Crippen molar-refractivity contribution in [3.05, 3.63) is 95.7 Å². The number of benzene rings is 2. The van der Waals surface area contributed by atoms with Crippen molar-refractivity contribution in [1.82, 2.24) is 0 Å². The standard InChI is InChI=1S/C31H35N2.HI/c1-7-8-16-23-33-27-20-15-13-18-25(27)31(4,5)29(33)22-11-9-10-21-28-30(2,3)24-17-12-14-19-26(24)32(28)6;/h1,9-15,17-22H,8,16,23H2,2-6H3;1H/q+1;/p-1. The van der Waals surface area contributed by atoms with Crippen LogP contribution in [0.2, 0.25) is 0 Å². The van der Waals surface area contributed by atoms with E-state index in [1.165, 1.54) is 33.9 Å². The number of anilines is 1. The molecule has 2 nitrogen and oxygen atoms in total. The van der Waals surface area contributed by atoms with E-state index < -0.39 is 0 Å². The summed E-state index contributed by atoms with van der Waals surface area (Å²) in [5.74, 6) is 2.78. The zero-order valence-corrected chi connectivity index (χ0v) is 23.1. The second-order valence-electron chi connectivity index (χ2n) is 9.98. The van der Waals surface area contributed by atoms with Gasteiger partial charge in [-0.3, -0.25) is 0 Å². The van der Waals surface area contributed by atoms with Gasteiger partial charge in [0.25, 0.3) is 0 Å². The van der Waals surface area contributed by atoms with E-state index in [1.807, 2.05) is 0 Å². The summed E-state index contributed by atoms with van der Waals surface area (Å²) in [4.78, 5) is 2.44. The molecule has 0 bridgehead atoms. The SMILES string of the molecule is C#CCCCN1C(=CC=CC=CC2=[N+](C)c3ccccc3C2(C)C)C(C)(C)c2ccccc21.[I-]. The summed E-state index contributed by atoms with van der Waals surface area (Å²) < 4.78 is 2.31. The molecule has 2 aliphatic rings. The highest BCUT2D eigenvalue weighted by atomic mass is 127. The summed E-state index contributed by atoms with van der Waals surface area (Å²) in [6, 6.07) is 17.4. The smallest absolute Gasteiger partial charge is 0.209 e. The highest BCUT2D eigenvalue weighted by Crippen LogP contribution is 2.47. The van der Waals surface area contributed by atoms with Crippen LogP contribution in [0, 0.1) is 12.3 Å². The van der Waals surface area contributed by atoms with Crippen molar-refractivity contribution in [3.63, 3.8) is 0 Å². The molecule has 0 unspecified atom stereocenters. The molecule has 0 fully saturated rings. The molecule has 0 saturated carbocycles. The van der Waals surface area contributed by atoms with Crippen molar-refractivity contribution < 1.29 is 28.6 Å². The van der Waals surface area contributed by atoms with Gasteiger partial charge in [-0.2, -0.15) is 4.58 Å². The number of halogens is 1. The molecule has 4 rings (SSSR count). The van der Waals surface area contributed by atoms with Crippen molar-refractivity contribution in [2.75, 3.05) is 18.5 Å². The molecule has 0 atom stereocenters. The third kappa shape index (κ3) is 4.53. The molecule has 0 aromatic heterocycles. The lowest BCUT2D eigenvalue weighted by Gasteiger charge is -2.26. The zero-order chi connectivity index (χ0) is 23.6. The Morgan fingerprint density at radius 1 is 0.912 bits per heavy atom. The minimum atomic E-state index is -0.0369. The third-order valence-corrected chi connectivity index (χ3v) is 7.17. The Hall–Kier alpha value is -2.58. The Bertz CT molecular complexity index is 1220. The van der Waals surface area contributed by atoms with Crippen LogP contribution in [0.1, 0.15) is 51.7 Å². The first kappa shape index (κ1) is 26.0. The molecular formula is C31H35IN2. The van der Waals surface area contributed by atoms with E-state index in [-0.39, 0.29) is 34.8 Å². The largest absolute Gasteiger partial charge is 1.00 e. The molecule has 2 aliphatic heterocycles. The summed E-state index contributed by atoms with van der Waals surface area (Å²) in [6.45, 7) is 10.2. The van der Waals surface area contributed by atoms with Gasteiger partial charge in [-0.05, 0) is 38.0 Å². The predicted octanol–water partition coefficient (Wildman–Crippen LogP) is 3.90. The average Bonchev–Trinajstić information content (AvgIpc) is 3.13.